The van der Waals surface area contributed by atoms with E-state index in [9.17, 15) is 5.11 Å². The van der Waals surface area contributed by atoms with Crippen LogP contribution >= 0.6 is 0 Å². The summed E-state index contributed by atoms with van der Waals surface area (Å²) in [5.74, 6) is 0. The maximum atomic E-state index is 10.6. The van der Waals surface area contributed by atoms with Crippen LogP contribution in [0.2, 0.25) is 0 Å². The summed E-state index contributed by atoms with van der Waals surface area (Å²) in [5, 5.41) is 10.6. The van der Waals surface area contributed by atoms with Crippen LogP contribution in [0.3, 0.4) is 0 Å². The molecule has 2 saturated heterocycles. The van der Waals surface area contributed by atoms with Crippen LogP contribution in [0.4, 0.5) is 0 Å². The van der Waals surface area contributed by atoms with Gasteiger partial charge in [0.05, 0.1) is 36.9 Å². The van der Waals surface area contributed by atoms with E-state index in [1.54, 1.807) is 19.6 Å². The average molecular weight is 295 g/mol. The predicted molar refractivity (Wildman–Crippen MR) is 78.0 cm³/mol. The third-order valence-electron chi connectivity index (χ3n) is 4.79. The molecule has 1 N–H and O–H groups in total. The first-order chi connectivity index (χ1) is 10.1. The van der Waals surface area contributed by atoms with Crippen molar-refractivity contribution in [3.05, 3.63) is 24.2 Å². The number of likely N-dealkylation sites (tertiary alicyclic amines) is 1. The van der Waals surface area contributed by atoms with Crippen LogP contribution in [0.5, 0.6) is 0 Å². The van der Waals surface area contributed by atoms with Gasteiger partial charge in [-0.25, -0.2) is 0 Å². The zero-order chi connectivity index (χ0) is 14.8. The number of hydrogen-bond donors (Lipinski definition) is 1. The second-order valence-electron chi connectivity index (χ2n) is 6.52. The Balaban J connectivity index is 1.56. The number of ether oxygens (including phenoxy) is 2. The molecule has 3 heterocycles. The molecular weight excluding hydrogens is 270 g/mol. The fraction of sp³-hybridized carbons (Fsp3) is 0.750. The van der Waals surface area contributed by atoms with Crippen molar-refractivity contribution in [1.29, 1.82) is 0 Å². The fourth-order valence-electron chi connectivity index (χ4n) is 3.67. The Kier molecular flexibility index (Phi) is 4.36. The molecule has 0 radical (unpaired) electrons. The van der Waals surface area contributed by atoms with E-state index in [0.29, 0.717) is 26.1 Å². The molecule has 21 heavy (non-hydrogen) atoms. The minimum atomic E-state index is -0.722. The summed E-state index contributed by atoms with van der Waals surface area (Å²) in [7, 11) is 1.65. The standard InChI is InChI=1S/C16H25NO4/c1-19-13-15(18)5-9-21-16(12-15)3-6-17(7-4-16)10-14-2-8-20-11-14/h2,8,11,18H,3-7,9-10,12-13H2,1H3. The molecule has 2 fully saturated rings. The molecule has 2 aliphatic heterocycles. The summed E-state index contributed by atoms with van der Waals surface area (Å²) in [6.07, 6.45) is 6.82. The molecule has 5 nitrogen and oxygen atoms in total. The highest BCUT2D eigenvalue weighted by Crippen LogP contribution is 2.39. The van der Waals surface area contributed by atoms with Crippen LogP contribution < -0.4 is 0 Å². The first-order valence-corrected chi connectivity index (χ1v) is 7.72. The Morgan fingerprint density at radius 2 is 2.14 bits per heavy atom. The van der Waals surface area contributed by atoms with Gasteiger partial charge in [-0.2, -0.15) is 0 Å². The molecule has 1 unspecified atom stereocenters. The lowest BCUT2D eigenvalue weighted by molar-refractivity contribution is -0.191. The van der Waals surface area contributed by atoms with Gasteiger partial charge in [0.1, 0.15) is 0 Å². The topological polar surface area (TPSA) is 55.1 Å². The first kappa shape index (κ1) is 15.0. The molecule has 1 atom stereocenters. The predicted octanol–water partition coefficient (Wildman–Crippen LogP) is 1.80. The van der Waals surface area contributed by atoms with Crippen LogP contribution in [-0.4, -0.2) is 54.6 Å². The normalized spacial score (nSPS) is 29.8. The third kappa shape index (κ3) is 3.48. The van der Waals surface area contributed by atoms with Crippen molar-refractivity contribution in [3.63, 3.8) is 0 Å². The van der Waals surface area contributed by atoms with Crippen LogP contribution in [0, 0.1) is 0 Å². The van der Waals surface area contributed by atoms with E-state index in [0.717, 1.165) is 32.5 Å². The number of hydrogen-bond acceptors (Lipinski definition) is 5. The number of rotatable bonds is 4. The van der Waals surface area contributed by atoms with E-state index in [1.165, 1.54) is 5.56 Å². The SMILES string of the molecule is COCC1(O)CCOC2(CCN(Cc3ccoc3)CC2)C1. The summed E-state index contributed by atoms with van der Waals surface area (Å²) < 4.78 is 16.4. The lowest BCUT2D eigenvalue weighted by atomic mass is 9.77. The van der Waals surface area contributed by atoms with Gasteiger partial charge in [0.15, 0.2) is 0 Å². The molecule has 5 heteroatoms. The molecule has 1 aromatic heterocycles. The van der Waals surface area contributed by atoms with Crippen molar-refractivity contribution in [2.45, 2.75) is 43.4 Å². The Labute approximate surface area is 125 Å². The third-order valence-corrected chi connectivity index (χ3v) is 4.79. The molecule has 1 spiro atoms. The Bertz CT molecular complexity index is 435. The molecule has 118 valence electrons. The minimum Gasteiger partial charge on any atom is -0.472 e. The Hall–Kier alpha value is -0.880. The zero-order valence-corrected chi connectivity index (χ0v) is 12.7. The first-order valence-electron chi connectivity index (χ1n) is 7.72. The second kappa shape index (κ2) is 6.08. The van der Waals surface area contributed by atoms with Crippen molar-refractivity contribution in [2.24, 2.45) is 0 Å². The number of methoxy groups -OCH3 is 1. The summed E-state index contributed by atoms with van der Waals surface area (Å²) in [6.45, 7) is 3.94. The van der Waals surface area contributed by atoms with Crippen LogP contribution in [0.25, 0.3) is 0 Å². The highest BCUT2D eigenvalue weighted by Gasteiger charge is 2.46. The molecule has 0 saturated carbocycles. The average Bonchev–Trinajstić information content (AvgIpc) is 2.95. The minimum absolute atomic E-state index is 0.168. The number of furan rings is 1. The van der Waals surface area contributed by atoms with E-state index in [2.05, 4.69) is 4.90 Å². The van der Waals surface area contributed by atoms with Crippen LogP contribution in [-0.2, 0) is 16.0 Å². The molecule has 0 bridgehead atoms. The fourth-order valence-corrected chi connectivity index (χ4v) is 3.67. The lowest BCUT2D eigenvalue weighted by Crippen LogP contribution is -2.55. The summed E-state index contributed by atoms with van der Waals surface area (Å²) >= 11 is 0. The van der Waals surface area contributed by atoms with Gasteiger partial charge < -0.3 is 19.0 Å². The Morgan fingerprint density at radius 1 is 1.33 bits per heavy atom. The molecule has 0 amide bonds. The van der Waals surface area contributed by atoms with Gasteiger partial charge >= 0.3 is 0 Å². The maximum absolute atomic E-state index is 10.6. The van der Waals surface area contributed by atoms with Gasteiger partial charge in [0, 0.05) is 45.1 Å². The summed E-state index contributed by atoms with van der Waals surface area (Å²) in [4.78, 5) is 2.42. The van der Waals surface area contributed by atoms with Gasteiger partial charge in [0.2, 0.25) is 0 Å². The van der Waals surface area contributed by atoms with Crippen molar-refractivity contribution >= 4 is 0 Å². The summed E-state index contributed by atoms with van der Waals surface area (Å²) in [5.41, 5.74) is 0.324. The van der Waals surface area contributed by atoms with Crippen LogP contribution in [0.1, 0.15) is 31.2 Å². The molecule has 2 aliphatic rings. The van der Waals surface area contributed by atoms with E-state index in [1.807, 2.05) is 6.07 Å². The van der Waals surface area contributed by atoms with Crippen molar-refractivity contribution in [3.8, 4) is 0 Å². The largest absolute Gasteiger partial charge is 0.472 e. The van der Waals surface area contributed by atoms with Crippen molar-refractivity contribution < 1.29 is 19.0 Å². The molecule has 3 rings (SSSR count). The van der Waals surface area contributed by atoms with Gasteiger partial charge in [-0.1, -0.05) is 0 Å². The Morgan fingerprint density at radius 3 is 2.81 bits per heavy atom. The highest BCUT2D eigenvalue weighted by molar-refractivity contribution is 5.06. The van der Waals surface area contributed by atoms with Gasteiger partial charge in [-0.05, 0) is 18.9 Å². The van der Waals surface area contributed by atoms with Crippen LogP contribution in [0.15, 0.2) is 23.0 Å². The molecule has 0 aliphatic carbocycles. The van der Waals surface area contributed by atoms with Gasteiger partial charge in [-0.15, -0.1) is 0 Å². The summed E-state index contributed by atoms with van der Waals surface area (Å²) in [6, 6.07) is 2.01. The van der Waals surface area contributed by atoms with Crippen molar-refractivity contribution in [1.82, 2.24) is 4.90 Å². The molecular formula is C16H25NO4. The number of aliphatic hydroxyl groups is 1. The maximum Gasteiger partial charge on any atom is 0.0947 e. The number of piperidine rings is 1. The quantitative estimate of drug-likeness (QED) is 0.918. The second-order valence-corrected chi connectivity index (χ2v) is 6.52. The smallest absolute Gasteiger partial charge is 0.0947 e. The van der Waals surface area contributed by atoms with E-state index in [4.69, 9.17) is 13.9 Å². The van der Waals surface area contributed by atoms with E-state index in [-0.39, 0.29) is 5.60 Å². The zero-order valence-electron chi connectivity index (χ0n) is 12.7. The van der Waals surface area contributed by atoms with Gasteiger partial charge in [-0.3, -0.25) is 4.90 Å². The van der Waals surface area contributed by atoms with Crippen molar-refractivity contribution in [2.75, 3.05) is 33.4 Å². The highest BCUT2D eigenvalue weighted by atomic mass is 16.5. The molecule has 1 aromatic rings. The monoisotopic (exact) mass is 295 g/mol. The number of nitrogens with zero attached hydrogens (tertiary/aromatic N) is 1. The molecule has 0 aromatic carbocycles. The van der Waals surface area contributed by atoms with Gasteiger partial charge in [0.25, 0.3) is 0 Å². The lowest BCUT2D eigenvalue weighted by Gasteiger charge is -2.49. The van der Waals surface area contributed by atoms with E-state index >= 15 is 0 Å². The van der Waals surface area contributed by atoms with E-state index < -0.39 is 5.60 Å².